The third-order valence-electron chi connectivity index (χ3n) is 7.04. The molecule has 2 aliphatic rings. The number of benzene rings is 2. The van der Waals surface area contributed by atoms with Crippen molar-refractivity contribution in [2.75, 3.05) is 5.32 Å². The number of nitrogens with one attached hydrogen (secondary N) is 1. The fourth-order valence-electron chi connectivity index (χ4n) is 5.03. The van der Waals surface area contributed by atoms with Crippen molar-refractivity contribution < 1.29 is 19.1 Å². The van der Waals surface area contributed by atoms with E-state index in [1.807, 2.05) is 32.9 Å². The van der Waals surface area contributed by atoms with Gasteiger partial charge in [-0.25, -0.2) is 25.3 Å². The lowest BCUT2D eigenvalue weighted by molar-refractivity contribution is -0.122. The fraction of sp³-hybridized carbons (Fsp3) is 0.444. The lowest BCUT2D eigenvalue weighted by Crippen LogP contribution is -2.71. The highest BCUT2D eigenvalue weighted by molar-refractivity contribution is 6.30. The van der Waals surface area contributed by atoms with Crippen LogP contribution in [0, 0.1) is 17.7 Å². The summed E-state index contributed by atoms with van der Waals surface area (Å²) in [6.07, 6.45) is 0.505. The topological polar surface area (TPSA) is 138 Å². The van der Waals surface area contributed by atoms with E-state index in [0.29, 0.717) is 36.4 Å². The molecule has 2 aromatic carbocycles. The fourth-order valence-corrected chi connectivity index (χ4v) is 5.16. The van der Waals surface area contributed by atoms with Crippen LogP contribution in [-0.4, -0.2) is 51.2 Å². The molecule has 11 nitrogen and oxygen atoms in total. The van der Waals surface area contributed by atoms with E-state index in [2.05, 4.69) is 10.5 Å². The lowest BCUT2D eigenvalue weighted by Gasteiger charge is -2.48. The van der Waals surface area contributed by atoms with Crippen LogP contribution >= 0.6 is 11.6 Å². The Hall–Kier alpha value is -3.70. The molecule has 0 radical (unpaired) electrons. The summed E-state index contributed by atoms with van der Waals surface area (Å²) >= 11 is 6.06. The molecule has 1 saturated carbocycles. The van der Waals surface area contributed by atoms with E-state index < -0.39 is 36.2 Å². The third kappa shape index (κ3) is 6.31. The summed E-state index contributed by atoms with van der Waals surface area (Å²) in [6.45, 7) is 5.96. The number of urea groups is 2. The van der Waals surface area contributed by atoms with Gasteiger partial charge in [-0.15, -0.1) is 4.91 Å². The smallest absolute Gasteiger partial charge is 0.345 e. The van der Waals surface area contributed by atoms with Crippen molar-refractivity contribution in [2.24, 2.45) is 16.9 Å². The molecule has 0 spiro atoms. The zero-order valence-electron chi connectivity index (χ0n) is 22.2. The molecule has 3 N–H and O–H groups in total. The maximum atomic E-state index is 13.9. The maximum absolute atomic E-state index is 13.9. The summed E-state index contributed by atoms with van der Waals surface area (Å²) in [5, 5.41) is 7.34. The standard InChI is InChI=1S/C27H33ClN6O5/c1-16(2)39-23-13-10-21(14-17(23)3)30-25-32(15-18-4-8-20(28)9-5-18)26(36)33(27(37)34(25)29)22-11-6-19(7-12-22)24(35)31-38/h4-5,8-10,13-14,16,19,22,25,30H,6-7,11-12,15,29H2,1-3H3/t19-,22+,25?. The molecule has 12 heteroatoms. The van der Waals surface area contributed by atoms with Crippen molar-refractivity contribution in [3.8, 4) is 5.75 Å². The molecule has 1 unspecified atom stereocenters. The van der Waals surface area contributed by atoms with Crippen molar-refractivity contribution in [1.82, 2.24) is 14.8 Å². The Labute approximate surface area is 232 Å². The van der Waals surface area contributed by atoms with Gasteiger partial charge in [0.1, 0.15) is 5.75 Å². The van der Waals surface area contributed by atoms with Gasteiger partial charge in [0.2, 0.25) is 6.29 Å². The molecule has 5 amide bonds. The molecule has 1 atom stereocenters. The number of carbonyl (C=O) groups is 3. The average molecular weight is 557 g/mol. The monoisotopic (exact) mass is 556 g/mol. The highest BCUT2D eigenvalue weighted by atomic mass is 35.5. The maximum Gasteiger partial charge on any atom is 0.345 e. The van der Waals surface area contributed by atoms with Crippen LogP contribution in [0.1, 0.15) is 50.7 Å². The van der Waals surface area contributed by atoms with Crippen molar-refractivity contribution >= 4 is 35.3 Å². The Morgan fingerprint density at radius 2 is 1.77 bits per heavy atom. The minimum Gasteiger partial charge on any atom is -0.491 e. The van der Waals surface area contributed by atoms with Gasteiger partial charge in [0, 0.05) is 27.8 Å². The van der Waals surface area contributed by atoms with E-state index >= 15 is 0 Å². The number of hydrogen-bond donors (Lipinski definition) is 2. The summed E-state index contributed by atoms with van der Waals surface area (Å²) in [5.41, 5.74) is 2.33. The molecule has 2 fully saturated rings. The number of hydrazine groups is 1. The van der Waals surface area contributed by atoms with Gasteiger partial charge in [0.25, 0.3) is 5.91 Å². The first-order valence-corrected chi connectivity index (χ1v) is 13.3. The van der Waals surface area contributed by atoms with E-state index in [-0.39, 0.29) is 12.6 Å². The molecule has 1 aliphatic heterocycles. The van der Waals surface area contributed by atoms with Crippen LogP contribution in [0.4, 0.5) is 15.3 Å². The van der Waals surface area contributed by atoms with Crippen molar-refractivity contribution in [3.05, 3.63) is 63.5 Å². The van der Waals surface area contributed by atoms with Gasteiger partial charge in [-0.2, -0.15) is 0 Å². The Balaban J connectivity index is 1.61. The van der Waals surface area contributed by atoms with E-state index in [1.165, 1.54) is 4.90 Å². The minimum absolute atomic E-state index is 0.0133. The number of nitroso groups, excluding NO2 is 1. The van der Waals surface area contributed by atoms with E-state index in [9.17, 15) is 19.3 Å². The molecule has 1 aliphatic carbocycles. The number of halogens is 1. The second-order valence-electron chi connectivity index (χ2n) is 10.2. The van der Waals surface area contributed by atoms with E-state index in [1.54, 1.807) is 30.3 Å². The number of nitrogens with zero attached hydrogens (tertiary/aromatic N) is 4. The molecule has 208 valence electrons. The van der Waals surface area contributed by atoms with Crippen LogP contribution in [0.25, 0.3) is 0 Å². The number of amides is 5. The molecule has 2 aromatic rings. The number of carbonyl (C=O) groups excluding carboxylic acids is 3. The molecular formula is C27H33ClN6O5. The second kappa shape index (κ2) is 12.0. The van der Waals surface area contributed by atoms with Gasteiger partial charge in [-0.1, -0.05) is 23.7 Å². The Morgan fingerprint density at radius 1 is 1.10 bits per heavy atom. The third-order valence-corrected chi connectivity index (χ3v) is 7.29. The van der Waals surface area contributed by atoms with Gasteiger partial charge >= 0.3 is 12.1 Å². The first-order valence-electron chi connectivity index (χ1n) is 12.9. The quantitative estimate of drug-likeness (QED) is 0.258. The SMILES string of the molecule is Cc1cc(NC2N(N)C(=O)N([C@H]3CC[C@@H](C(=O)N=O)CC3)C(=O)N2Cc2ccc(Cl)cc2)ccc1OC(C)C. The Bertz CT molecular complexity index is 1230. The predicted octanol–water partition coefficient (Wildman–Crippen LogP) is 5.22. The lowest BCUT2D eigenvalue weighted by atomic mass is 9.85. The van der Waals surface area contributed by atoms with E-state index in [0.717, 1.165) is 26.8 Å². The number of nitrogens with two attached hydrogens (primary N) is 1. The van der Waals surface area contributed by atoms with Gasteiger partial charge in [-0.05, 0) is 87.9 Å². The zero-order chi connectivity index (χ0) is 28.3. The zero-order valence-corrected chi connectivity index (χ0v) is 22.9. The molecule has 4 rings (SSSR count). The Kier molecular flexibility index (Phi) is 8.71. The van der Waals surface area contributed by atoms with Crippen molar-refractivity contribution in [1.29, 1.82) is 0 Å². The van der Waals surface area contributed by atoms with Crippen LogP contribution in [0.3, 0.4) is 0 Å². The van der Waals surface area contributed by atoms with Crippen LogP contribution in [0.5, 0.6) is 5.75 Å². The summed E-state index contributed by atoms with van der Waals surface area (Å²) in [5.74, 6) is 5.91. The van der Waals surface area contributed by atoms with Gasteiger partial charge < -0.3 is 10.1 Å². The molecular weight excluding hydrogens is 524 g/mol. The average Bonchev–Trinajstić information content (AvgIpc) is 2.91. The number of hydrogen-bond acceptors (Lipinski definition) is 7. The summed E-state index contributed by atoms with van der Waals surface area (Å²) < 4.78 is 5.82. The molecule has 1 saturated heterocycles. The summed E-state index contributed by atoms with van der Waals surface area (Å²) in [6, 6.07) is 11.0. The second-order valence-corrected chi connectivity index (χ2v) is 10.6. The number of ether oxygens (including phenoxy) is 1. The normalized spacial score (nSPS) is 21.8. The molecule has 1 heterocycles. The first-order chi connectivity index (χ1) is 18.6. The number of imide groups is 1. The van der Waals surface area contributed by atoms with Gasteiger partial charge in [0.05, 0.1) is 12.6 Å². The first kappa shape index (κ1) is 28.3. The van der Waals surface area contributed by atoms with Crippen LogP contribution < -0.4 is 15.9 Å². The number of aryl methyl sites for hydroxylation is 1. The summed E-state index contributed by atoms with van der Waals surface area (Å²) in [4.78, 5) is 52.4. The number of anilines is 1. The highest BCUT2D eigenvalue weighted by Gasteiger charge is 2.47. The van der Waals surface area contributed by atoms with Crippen molar-refractivity contribution in [3.63, 3.8) is 0 Å². The molecule has 39 heavy (non-hydrogen) atoms. The highest BCUT2D eigenvalue weighted by Crippen LogP contribution is 2.33. The molecule has 0 aromatic heterocycles. The van der Waals surface area contributed by atoms with Crippen LogP contribution in [0.15, 0.2) is 47.6 Å². The predicted molar refractivity (Wildman–Crippen MR) is 147 cm³/mol. The van der Waals surface area contributed by atoms with Gasteiger partial charge in [0.15, 0.2) is 0 Å². The van der Waals surface area contributed by atoms with E-state index in [4.69, 9.17) is 22.2 Å². The van der Waals surface area contributed by atoms with Crippen molar-refractivity contribution in [2.45, 2.75) is 71.4 Å². The summed E-state index contributed by atoms with van der Waals surface area (Å²) in [7, 11) is 0. The number of rotatable bonds is 8. The Morgan fingerprint density at radius 3 is 2.36 bits per heavy atom. The molecule has 0 bridgehead atoms. The largest absolute Gasteiger partial charge is 0.491 e. The van der Waals surface area contributed by atoms with Crippen LogP contribution in [0.2, 0.25) is 5.02 Å². The van der Waals surface area contributed by atoms with Gasteiger partial charge in [-0.3, -0.25) is 9.69 Å². The minimum atomic E-state index is -0.981. The van der Waals surface area contributed by atoms with Crippen LogP contribution in [-0.2, 0) is 11.3 Å².